The molecule has 0 aliphatic carbocycles. The Morgan fingerprint density at radius 2 is 2.14 bits per heavy atom. The summed E-state index contributed by atoms with van der Waals surface area (Å²) in [5, 5.41) is 9.24. The minimum absolute atomic E-state index is 0.111. The highest BCUT2D eigenvalue weighted by atomic mass is 16.5. The van der Waals surface area contributed by atoms with Gasteiger partial charge in [-0.25, -0.2) is 0 Å². The highest BCUT2D eigenvalue weighted by molar-refractivity contribution is 5.78. The number of hydrogen-bond acceptors (Lipinski definition) is 4. The third kappa shape index (κ3) is 3.95. The van der Waals surface area contributed by atoms with Gasteiger partial charge in [0.15, 0.2) is 0 Å². The van der Waals surface area contributed by atoms with Gasteiger partial charge in [-0.2, -0.15) is 0 Å². The Morgan fingerprint density at radius 1 is 1.38 bits per heavy atom. The predicted molar refractivity (Wildman–Crippen MR) is 78.0 cm³/mol. The molecule has 6 nitrogen and oxygen atoms in total. The second-order valence-electron chi connectivity index (χ2n) is 6.20. The van der Waals surface area contributed by atoms with Gasteiger partial charge in [0.05, 0.1) is 25.7 Å². The molecule has 2 saturated heterocycles. The molecule has 6 heteroatoms. The van der Waals surface area contributed by atoms with Gasteiger partial charge in [0, 0.05) is 19.1 Å². The van der Waals surface area contributed by atoms with Gasteiger partial charge in [-0.1, -0.05) is 13.8 Å². The number of hydrogen-bond donors (Lipinski definition) is 1. The lowest BCUT2D eigenvalue weighted by molar-refractivity contribution is -0.144. The number of likely N-dealkylation sites (tertiary alicyclic amines) is 1. The van der Waals surface area contributed by atoms with Crippen molar-refractivity contribution < 1.29 is 19.4 Å². The summed E-state index contributed by atoms with van der Waals surface area (Å²) in [7, 11) is 0. The molecule has 0 spiro atoms. The number of aliphatic carboxylic acids is 1. The highest BCUT2D eigenvalue weighted by Crippen LogP contribution is 2.21. The van der Waals surface area contributed by atoms with Crippen LogP contribution in [-0.2, 0) is 14.3 Å². The summed E-state index contributed by atoms with van der Waals surface area (Å²) >= 11 is 0. The van der Waals surface area contributed by atoms with Crippen LogP contribution >= 0.6 is 0 Å². The van der Waals surface area contributed by atoms with Gasteiger partial charge in [-0.15, -0.1) is 0 Å². The number of carbonyl (C=O) groups is 2. The number of likely N-dealkylation sites (N-methyl/N-ethyl adjacent to an activating group) is 1. The van der Waals surface area contributed by atoms with E-state index in [9.17, 15) is 14.7 Å². The van der Waals surface area contributed by atoms with Crippen molar-refractivity contribution in [1.29, 1.82) is 0 Å². The maximum absolute atomic E-state index is 12.4. The number of ether oxygens (including phenoxy) is 1. The zero-order valence-electron chi connectivity index (χ0n) is 13.0. The Morgan fingerprint density at radius 3 is 2.76 bits per heavy atom. The molecule has 3 unspecified atom stereocenters. The number of carboxylic acids is 1. The smallest absolute Gasteiger partial charge is 0.310 e. The first kappa shape index (κ1) is 16.2. The molecule has 0 aromatic rings. The lowest BCUT2D eigenvalue weighted by atomic mass is 10.00. The molecule has 0 radical (unpaired) electrons. The molecule has 21 heavy (non-hydrogen) atoms. The number of rotatable bonds is 5. The van der Waals surface area contributed by atoms with E-state index in [0.717, 1.165) is 19.5 Å². The molecule has 3 atom stereocenters. The fourth-order valence-corrected chi connectivity index (χ4v) is 3.29. The van der Waals surface area contributed by atoms with Crippen LogP contribution in [0, 0.1) is 11.8 Å². The SMILES string of the molecule is CCN(CC(=O)N1CCCC(C)C1)C1COCC1C(=O)O. The first-order valence-corrected chi connectivity index (χ1v) is 7.85. The lowest BCUT2D eigenvalue weighted by Crippen LogP contribution is -2.50. The van der Waals surface area contributed by atoms with Gasteiger partial charge in [0.2, 0.25) is 5.91 Å². The van der Waals surface area contributed by atoms with E-state index in [2.05, 4.69) is 6.92 Å². The number of nitrogens with zero attached hydrogens (tertiary/aromatic N) is 2. The Labute approximate surface area is 126 Å². The molecule has 1 amide bonds. The molecule has 2 fully saturated rings. The predicted octanol–water partition coefficient (Wildman–Crippen LogP) is 0.666. The van der Waals surface area contributed by atoms with Crippen molar-refractivity contribution in [3.05, 3.63) is 0 Å². The summed E-state index contributed by atoms with van der Waals surface area (Å²) in [4.78, 5) is 27.6. The summed E-state index contributed by atoms with van der Waals surface area (Å²) in [6.45, 7) is 7.36. The van der Waals surface area contributed by atoms with Crippen molar-refractivity contribution in [2.45, 2.75) is 32.7 Å². The van der Waals surface area contributed by atoms with E-state index in [4.69, 9.17) is 4.74 Å². The van der Waals surface area contributed by atoms with Crippen molar-refractivity contribution >= 4 is 11.9 Å². The van der Waals surface area contributed by atoms with Crippen LogP contribution in [0.2, 0.25) is 0 Å². The molecule has 2 rings (SSSR count). The molecule has 0 saturated carbocycles. The Bertz CT molecular complexity index is 388. The molecule has 2 heterocycles. The number of amides is 1. The summed E-state index contributed by atoms with van der Waals surface area (Å²) in [5.41, 5.74) is 0. The van der Waals surface area contributed by atoms with Gasteiger partial charge in [0.1, 0.15) is 0 Å². The highest BCUT2D eigenvalue weighted by Gasteiger charge is 2.38. The monoisotopic (exact) mass is 298 g/mol. The summed E-state index contributed by atoms with van der Waals surface area (Å²) in [5.74, 6) is -0.702. The normalized spacial score (nSPS) is 29.9. The number of carbonyl (C=O) groups excluding carboxylic acids is 1. The fraction of sp³-hybridized carbons (Fsp3) is 0.867. The van der Waals surface area contributed by atoms with Gasteiger partial charge in [-0.05, 0) is 25.3 Å². The first-order valence-electron chi connectivity index (χ1n) is 7.85. The van der Waals surface area contributed by atoms with Crippen LogP contribution in [-0.4, -0.2) is 72.2 Å². The molecule has 0 aromatic heterocycles. The first-order chi connectivity index (χ1) is 10.0. The quantitative estimate of drug-likeness (QED) is 0.808. The van der Waals surface area contributed by atoms with Gasteiger partial charge in [0.25, 0.3) is 0 Å². The molecule has 120 valence electrons. The van der Waals surface area contributed by atoms with E-state index in [1.165, 1.54) is 6.42 Å². The summed E-state index contributed by atoms with van der Waals surface area (Å²) in [6, 6.07) is -0.196. The van der Waals surface area contributed by atoms with Gasteiger partial charge < -0.3 is 14.7 Å². The maximum Gasteiger partial charge on any atom is 0.310 e. The third-order valence-electron chi connectivity index (χ3n) is 4.59. The molecule has 0 bridgehead atoms. The van der Waals surface area contributed by atoms with Crippen LogP contribution in [0.1, 0.15) is 26.7 Å². The summed E-state index contributed by atoms with van der Waals surface area (Å²) < 4.78 is 5.31. The van der Waals surface area contributed by atoms with E-state index in [1.807, 2.05) is 16.7 Å². The van der Waals surface area contributed by atoms with E-state index in [-0.39, 0.29) is 18.6 Å². The molecular formula is C15H26N2O4. The van der Waals surface area contributed by atoms with E-state index in [1.54, 1.807) is 0 Å². The van der Waals surface area contributed by atoms with Gasteiger partial charge >= 0.3 is 5.97 Å². The molecule has 0 aromatic carbocycles. The Balaban J connectivity index is 1.95. The number of carboxylic acid groups (broad SMARTS) is 1. The third-order valence-corrected chi connectivity index (χ3v) is 4.59. The minimum Gasteiger partial charge on any atom is -0.481 e. The van der Waals surface area contributed by atoms with Crippen LogP contribution in [0.25, 0.3) is 0 Å². The second kappa shape index (κ2) is 7.22. The zero-order chi connectivity index (χ0) is 15.4. The fourth-order valence-electron chi connectivity index (χ4n) is 3.29. The topological polar surface area (TPSA) is 70.1 Å². The maximum atomic E-state index is 12.4. The zero-order valence-corrected chi connectivity index (χ0v) is 13.0. The largest absolute Gasteiger partial charge is 0.481 e. The minimum atomic E-state index is -0.838. The standard InChI is InChI=1S/C15H26N2O4/c1-3-16(13-10-21-9-12(13)15(19)20)8-14(18)17-6-4-5-11(2)7-17/h11-13H,3-10H2,1-2H3,(H,19,20). The number of piperidine rings is 1. The van der Waals surface area contributed by atoms with Crippen molar-refractivity contribution in [2.75, 3.05) is 39.4 Å². The van der Waals surface area contributed by atoms with Crippen LogP contribution < -0.4 is 0 Å². The molecule has 2 aliphatic heterocycles. The van der Waals surface area contributed by atoms with E-state index < -0.39 is 11.9 Å². The average molecular weight is 298 g/mol. The van der Waals surface area contributed by atoms with E-state index >= 15 is 0 Å². The van der Waals surface area contributed by atoms with Gasteiger partial charge in [-0.3, -0.25) is 14.5 Å². The van der Waals surface area contributed by atoms with Crippen molar-refractivity contribution in [3.8, 4) is 0 Å². The van der Waals surface area contributed by atoms with Crippen LogP contribution in [0.15, 0.2) is 0 Å². The van der Waals surface area contributed by atoms with Crippen molar-refractivity contribution in [2.24, 2.45) is 11.8 Å². The molecular weight excluding hydrogens is 272 g/mol. The average Bonchev–Trinajstić information content (AvgIpc) is 2.94. The molecule has 2 aliphatic rings. The van der Waals surface area contributed by atoms with Crippen molar-refractivity contribution in [3.63, 3.8) is 0 Å². The Hall–Kier alpha value is -1.14. The summed E-state index contributed by atoms with van der Waals surface area (Å²) in [6.07, 6.45) is 2.24. The van der Waals surface area contributed by atoms with Crippen LogP contribution in [0.4, 0.5) is 0 Å². The van der Waals surface area contributed by atoms with Crippen molar-refractivity contribution in [1.82, 2.24) is 9.80 Å². The molecule has 1 N–H and O–H groups in total. The Kier molecular flexibility index (Phi) is 5.58. The van der Waals surface area contributed by atoms with Crippen LogP contribution in [0.5, 0.6) is 0 Å². The lowest BCUT2D eigenvalue weighted by Gasteiger charge is -2.34. The second-order valence-corrected chi connectivity index (χ2v) is 6.20. The van der Waals surface area contributed by atoms with Crippen LogP contribution in [0.3, 0.4) is 0 Å². The van der Waals surface area contributed by atoms with E-state index in [0.29, 0.717) is 25.6 Å².